The van der Waals surface area contributed by atoms with E-state index in [-0.39, 0.29) is 57.0 Å². The quantitative estimate of drug-likeness (QED) is 0.313. The van der Waals surface area contributed by atoms with Gasteiger partial charge in [0, 0.05) is 0 Å². The first kappa shape index (κ1) is 28.8. The van der Waals surface area contributed by atoms with Crippen molar-refractivity contribution in [3.8, 4) is 0 Å². The van der Waals surface area contributed by atoms with Crippen LogP contribution in [-0.4, -0.2) is 23.1 Å². The molecule has 0 fully saturated rings. The first-order valence-electron chi connectivity index (χ1n) is 7.81. The van der Waals surface area contributed by atoms with Crippen molar-refractivity contribution in [3.63, 3.8) is 0 Å². The second-order valence-electron chi connectivity index (χ2n) is 5.51. The monoisotopic (exact) mass is 408 g/mol. The molecule has 1 unspecified atom stereocenters. The van der Waals surface area contributed by atoms with Crippen LogP contribution in [0.15, 0.2) is 0 Å². The van der Waals surface area contributed by atoms with Crippen molar-refractivity contribution in [1.29, 1.82) is 0 Å². The molecule has 0 radical (unpaired) electrons. The zero-order valence-electron chi connectivity index (χ0n) is 13.5. The van der Waals surface area contributed by atoms with Gasteiger partial charge in [0.1, 0.15) is 0 Å². The molecular formula is C16H34Br2Mg. The molecule has 0 aromatic carbocycles. The summed E-state index contributed by atoms with van der Waals surface area (Å²) in [6, 6.07) is 0. The standard InChI is InChI=1S/C16H34.2BrH.Mg/c1-4-6-8-10-11-13-15-16(3)14-12-9-7-5-2;;;/h16H,4-15H2,1-3H3;2*1H;/q;;;+2/p-2. The molecule has 0 bridgehead atoms. The molecule has 0 rings (SSSR count). The van der Waals surface area contributed by atoms with Crippen LogP contribution in [0.1, 0.15) is 97.8 Å². The maximum Gasteiger partial charge on any atom is 2.00 e. The van der Waals surface area contributed by atoms with Gasteiger partial charge in [0.25, 0.3) is 0 Å². The van der Waals surface area contributed by atoms with Crippen LogP contribution in [0.3, 0.4) is 0 Å². The van der Waals surface area contributed by atoms with Crippen LogP contribution in [0.4, 0.5) is 0 Å². The summed E-state index contributed by atoms with van der Waals surface area (Å²) >= 11 is 0. The second-order valence-corrected chi connectivity index (χ2v) is 5.51. The predicted octanol–water partition coefficient (Wildman–Crippen LogP) is -0.0293. The zero-order chi connectivity index (χ0) is 12.1. The number of unbranched alkanes of at least 4 members (excludes halogenated alkanes) is 8. The molecule has 3 heteroatoms. The minimum atomic E-state index is 0. The molecule has 0 amide bonds. The summed E-state index contributed by atoms with van der Waals surface area (Å²) in [7, 11) is 0. The predicted molar refractivity (Wildman–Crippen MR) is 81.7 cm³/mol. The molecule has 0 spiro atoms. The summed E-state index contributed by atoms with van der Waals surface area (Å²) in [6.07, 6.45) is 17.3. The Kier molecular flexibility index (Phi) is 37.5. The molecule has 0 aromatic rings. The third-order valence-corrected chi connectivity index (χ3v) is 3.60. The Hall–Kier alpha value is 1.73. The van der Waals surface area contributed by atoms with Crippen molar-refractivity contribution >= 4 is 23.1 Å². The van der Waals surface area contributed by atoms with E-state index in [9.17, 15) is 0 Å². The van der Waals surface area contributed by atoms with Crippen LogP contribution in [-0.2, 0) is 0 Å². The molecule has 0 saturated heterocycles. The number of halogens is 2. The fourth-order valence-corrected chi connectivity index (χ4v) is 2.34. The van der Waals surface area contributed by atoms with Gasteiger partial charge in [-0.25, -0.2) is 0 Å². The Morgan fingerprint density at radius 3 is 1.32 bits per heavy atom. The number of hydrogen-bond acceptors (Lipinski definition) is 0. The Bertz CT molecular complexity index is 132. The van der Waals surface area contributed by atoms with E-state index in [2.05, 4.69) is 20.8 Å². The van der Waals surface area contributed by atoms with Gasteiger partial charge in [-0.05, 0) is 5.92 Å². The van der Waals surface area contributed by atoms with E-state index >= 15 is 0 Å². The Morgan fingerprint density at radius 1 is 0.579 bits per heavy atom. The van der Waals surface area contributed by atoms with Gasteiger partial charge < -0.3 is 34.0 Å². The average Bonchev–Trinajstić information content (AvgIpc) is 2.29. The van der Waals surface area contributed by atoms with Crippen molar-refractivity contribution in [2.24, 2.45) is 5.92 Å². The van der Waals surface area contributed by atoms with E-state index < -0.39 is 0 Å². The maximum absolute atomic E-state index is 2.44. The molecule has 0 aliphatic carbocycles. The van der Waals surface area contributed by atoms with E-state index in [0.717, 1.165) is 5.92 Å². The molecule has 114 valence electrons. The number of hydrogen-bond donors (Lipinski definition) is 0. The van der Waals surface area contributed by atoms with Gasteiger partial charge in [-0.15, -0.1) is 0 Å². The molecule has 0 heterocycles. The molecule has 0 aromatic heterocycles. The Labute approximate surface area is 160 Å². The van der Waals surface area contributed by atoms with Crippen molar-refractivity contribution in [1.82, 2.24) is 0 Å². The Morgan fingerprint density at radius 2 is 0.895 bits per heavy atom. The molecule has 0 aliphatic heterocycles. The molecule has 19 heavy (non-hydrogen) atoms. The minimum Gasteiger partial charge on any atom is -1.00 e. The van der Waals surface area contributed by atoms with Gasteiger partial charge in [-0.2, -0.15) is 0 Å². The van der Waals surface area contributed by atoms with E-state index in [4.69, 9.17) is 0 Å². The largest absolute Gasteiger partial charge is 2.00 e. The fourth-order valence-electron chi connectivity index (χ4n) is 2.34. The fraction of sp³-hybridized carbons (Fsp3) is 1.00. The first-order chi connectivity index (χ1) is 7.81. The normalized spacial score (nSPS) is 10.9. The number of rotatable bonds is 12. The molecule has 1 atom stereocenters. The van der Waals surface area contributed by atoms with Crippen molar-refractivity contribution in [2.75, 3.05) is 0 Å². The van der Waals surface area contributed by atoms with Crippen LogP contribution >= 0.6 is 0 Å². The topological polar surface area (TPSA) is 0 Å². The summed E-state index contributed by atoms with van der Waals surface area (Å²) in [6.45, 7) is 7.02. The smallest absolute Gasteiger partial charge is 1.00 e. The third-order valence-electron chi connectivity index (χ3n) is 3.60. The van der Waals surface area contributed by atoms with Crippen molar-refractivity contribution in [3.05, 3.63) is 0 Å². The van der Waals surface area contributed by atoms with Crippen LogP contribution in [0.2, 0.25) is 0 Å². The van der Waals surface area contributed by atoms with Crippen molar-refractivity contribution in [2.45, 2.75) is 97.8 Å². The summed E-state index contributed by atoms with van der Waals surface area (Å²) < 4.78 is 0. The third kappa shape index (κ3) is 25.1. The average molecular weight is 411 g/mol. The summed E-state index contributed by atoms with van der Waals surface area (Å²) in [4.78, 5) is 0. The van der Waals surface area contributed by atoms with Crippen LogP contribution in [0.5, 0.6) is 0 Å². The van der Waals surface area contributed by atoms with E-state index in [0.29, 0.717) is 0 Å². The van der Waals surface area contributed by atoms with Gasteiger partial charge >= 0.3 is 23.1 Å². The van der Waals surface area contributed by atoms with Gasteiger partial charge in [-0.3, -0.25) is 0 Å². The molecule has 0 nitrogen and oxygen atoms in total. The minimum absolute atomic E-state index is 0. The van der Waals surface area contributed by atoms with Crippen molar-refractivity contribution < 1.29 is 34.0 Å². The van der Waals surface area contributed by atoms with E-state index in [1.165, 1.54) is 77.0 Å². The van der Waals surface area contributed by atoms with E-state index in [1.54, 1.807) is 0 Å². The summed E-state index contributed by atoms with van der Waals surface area (Å²) in [5.41, 5.74) is 0. The van der Waals surface area contributed by atoms with Crippen LogP contribution < -0.4 is 34.0 Å². The second kappa shape index (κ2) is 24.7. The zero-order valence-corrected chi connectivity index (χ0v) is 18.1. The van der Waals surface area contributed by atoms with Gasteiger partial charge in [0.2, 0.25) is 0 Å². The van der Waals surface area contributed by atoms with Gasteiger partial charge in [0.15, 0.2) is 0 Å². The Balaban J connectivity index is -0.000000375. The van der Waals surface area contributed by atoms with E-state index in [1.807, 2.05) is 0 Å². The molecule has 0 saturated carbocycles. The molecule has 0 N–H and O–H groups in total. The summed E-state index contributed by atoms with van der Waals surface area (Å²) in [5, 5.41) is 0. The SMILES string of the molecule is CCCCCCCCC(C)CCCCCC.[Br-].[Br-].[Mg+2]. The molecular weight excluding hydrogens is 376 g/mol. The van der Waals surface area contributed by atoms with Crippen LogP contribution in [0.25, 0.3) is 0 Å². The van der Waals surface area contributed by atoms with Gasteiger partial charge in [0.05, 0.1) is 0 Å². The maximum atomic E-state index is 2.44. The first-order valence-corrected chi connectivity index (χ1v) is 7.81. The van der Waals surface area contributed by atoms with Crippen LogP contribution in [0, 0.1) is 5.92 Å². The molecule has 0 aliphatic rings. The van der Waals surface area contributed by atoms with Gasteiger partial charge in [-0.1, -0.05) is 97.8 Å². The summed E-state index contributed by atoms with van der Waals surface area (Å²) in [5.74, 6) is 0.975.